The van der Waals surface area contributed by atoms with Crippen molar-refractivity contribution in [2.24, 2.45) is 0 Å². The Bertz CT molecular complexity index is 995. The number of piperazine rings is 1. The first-order chi connectivity index (χ1) is 14.5. The Hall–Kier alpha value is -2.67. The van der Waals surface area contributed by atoms with Gasteiger partial charge in [0.25, 0.3) is 11.8 Å². The van der Waals surface area contributed by atoms with E-state index >= 15 is 0 Å². The minimum absolute atomic E-state index is 0.106. The Morgan fingerprint density at radius 1 is 0.933 bits per heavy atom. The van der Waals surface area contributed by atoms with Gasteiger partial charge in [0, 0.05) is 32.7 Å². The Balaban J connectivity index is 1.75. The van der Waals surface area contributed by atoms with Crippen LogP contribution >= 0.6 is 11.6 Å². The maximum Gasteiger partial charge on any atom is 0.282 e. The average Bonchev–Trinajstić information content (AvgIpc) is 3.00. The molecule has 156 valence electrons. The minimum atomic E-state index is -0.357. The van der Waals surface area contributed by atoms with Crippen molar-refractivity contribution in [1.29, 1.82) is 0 Å². The number of aliphatic hydroxyl groups is 1. The van der Waals surface area contributed by atoms with E-state index in [-0.39, 0.29) is 18.4 Å². The summed E-state index contributed by atoms with van der Waals surface area (Å²) in [7, 11) is 0. The van der Waals surface area contributed by atoms with Crippen LogP contribution in [0.15, 0.2) is 54.2 Å². The van der Waals surface area contributed by atoms with Gasteiger partial charge in [-0.1, -0.05) is 53.6 Å². The third-order valence-corrected chi connectivity index (χ3v) is 5.92. The number of β-amino-alcohol motifs (C(OH)–C–C–N with tert-alkyl or cyclic N) is 1. The van der Waals surface area contributed by atoms with Crippen molar-refractivity contribution in [3.63, 3.8) is 0 Å². The first-order valence-corrected chi connectivity index (χ1v) is 10.4. The molecule has 0 spiro atoms. The van der Waals surface area contributed by atoms with Crippen molar-refractivity contribution in [3.8, 4) is 0 Å². The van der Waals surface area contributed by atoms with Gasteiger partial charge in [0.2, 0.25) is 0 Å². The van der Waals surface area contributed by atoms with Crippen LogP contribution in [-0.2, 0) is 9.59 Å². The lowest BCUT2D eigenvalue weighted by molar-refractivity contribution is -0.120. The van der Waals surface area contributed by atoms with E-state index in [0.29, 0.717) is 41.6 Å². The third-order valence-electron chi connectivity index (χ3n) is 5.60. The first kappa shape index (κ1) is 20.6. The van der Waals surface area contributed by atoms with Crippen LogP contribution in [-0.4, -0.2) is 66.1 Å². The number of aliphatic hydroxyl groups excluding tert-OH is 1. The molecule has 2 amide bonds. The number of rotatable bonds is 5. The second-order valence-corrected chi connectivity index (χ2v) is 7.95. The molecule has 0 aliphatic carbocycles. The van der Waals surface area contributed by atoms with E-state index in [1.807, 2.05) is 36.1 Å². The molecule has 1 N–H and O–H groups in total. The summed E-state index contributed by atoms with van der Waals surface area (Å²) in [5, 5.41) is 9.55. The lowest BCUT2D eigenvalue weighted by atomic mass is 10.0. The van der Waals surface area contributed by atoms with E-state index in [1.54, 1.807) is 24.3 Å². The fraction of sp³-hybridized carbons (Fsp3) is 0.304. The Labute approximate surface area is 181 Å². The van der Waals surface area contributed by atoms with Gasteiger partial charge < -0.3 is 10.0 Å². The zero-order chi connectivity index (χ0) is 21.3. The molecule has 2 aliphatic rings. The number of hydrogen-bond donors (Lipinski definition) is 1. The van der Waals surface area contributed by atoms with E-state index in [2.05, 4.69) is 4.90 Å². The van der Waals surface area contributed by atoms with E-state index in [0.717, 1.165) is 24.2 Å². The maximum atomic E-state index is 13.5. The third kappa shape index (κ3) is 3.74. The number of amides is 2. The zero-order valence-corrected chi connectivity index (χ0v) is 17.6. The van der Waals surface area contributed by atoms with Crippen molar-refractivity contribution in [2.75, 3.05) is 44.2 Å². The summed E-state index contributed by atoms with van der Waals surface area (Å²) in [5.74, 6) is -0.705. The highest BCUT2D eigenvalue weighted by atomic mass is 35.5. The van der Waals surface area contributed by atoms with Crippen molar-refractivity contribution < 1.29 is 14.7 Å². The molecule has 0 radical (unpaired) electrons. The molecule has 7 heteroatoms. The molecule has 2 aromatic rings. The summed E-state index contributed by atoms with van der Waals surface area (Å²) in [5.41, 5.74) is 3.04. The topological polar surface area (TPSA) is 64.1 Å². The fourth-order valence-corrected chi connectivity index (χ4v) is 4.20. The SMILES string of the molecule is Cc1ccc(C2=C(N3CCN(CCO)CC3)C(=O)N(c3ccccc3Cl)C2=O)cc1. The Morgan fingerprint density at radius 3 is 2.23 bits per heavy atom. The van der Waals surface area contributed by atoms with Gasteiger partial charge in [0.15, 0.2) is 0 Å². The van der Waals surface area contributed by atoms with Gasteiger partial charge in [-0.05, 0) is 24.6 Å². The summed E-state index contributed by atoms with van der Waals surface area (Å²) in [6.07, 6.45) is 0. The molecule has 0 bridgehead atoms. The molecule has 4 rings (SSSR count). The van der Waals surface area contributed by atoms with Crippen LogP contribution in [0.5, 0.6) is 0 Å². The number of halogens is 1. The van der Waals surface area contributed by atoms with Crippen molar-refractivity contribution in [1.82, 2.24) is 9.80 Å². The number of anilines is 1. The smallest absolute Gasteiger partial charge is 0.282 e. The predicted molar refractivity (Wildman–Crippen MR) is 117 cm³/mol. The molecule has 0 atom stereocenters. The number of imide groups is 1. The molecule has 0 aromatic heterocycles. The number of aryl methyl sites for hydroxylation is 1. The summed E-state index contributed by atoms with van der Waals surface area (Å²) < 4.78 is 0. The Kier molecular flexibility index (Phi) is 5.90. The lowest BCUT2D eigenvalue weighted by Crippen LogP contribution is -2.48. The predicted octanol–water partition coefficient (Wildman–Crippen LogP) is 2.54. The summed E-state index contributed by atoms with van der Waals surface area (Å²) in [4.78, 5) is 32.3. The highest BCUT2D eigenvalue weighted by Crippen LogP contribution is 2.37. The Morgan fingerprint density at radius 2 is 1.60 bits per heavy atom. The van der Waals surface area contributed by atoms with Gasteiger partial charge >= 0.3 is 0 Å². The van der Waals surface area contributed by atoms with Crippen LogP contribution in [0.4, 0.5) is 5.69 Å². The van der Waals surface area contributed by atoms with Gasteiger partial charge in [0.05, 0.1) is 22.9 Å². The van der Waals surface area contributed by atoms with Crippen LogP contribution < -0.4 is 4.90 Å². The number of nitrogens with zero attached hydrogens (tertiary/aromatic N) is 3. The highest BCUT2D eigenvalue weighted by molar-refractivity contribution is 6.47. The molecular weight excluding hydrogens is 402 g/mol. The average molecular weight is 426 g/mol. The number of hydrogen-bond acceptors (Lipinski definition) is 5. The van der Waals surface area contributed by atoms with E-state index in [9.17, 15) is 14.7 Å². The molecule has 0 saturated carbocycles. The number of para-hydroxylation sites is 1. The van der Waals surface area contributed by atoms with Gasteiger partial charge in [-0.2, -0.15) is 0 Å². The summed E-state index contributed by atoms with van der Waals surface area (Å²) in [6, 6.07) is 14.5. The van der Waals surface area contributed by atoms with Gasteiger partial charge in [0.1, 0.15) is 5.70 Å². The van der Waals surface area contributed by atoms with Crippen LogP contribution in [0.1, 0.15) is 11.1 Å². The first-order valence-electron chi connectivity index (χ1n) is 10.0. The number of carbonyl (C=O) groups is 2. The van der Waals surface area contributed by atoms with Crippen molar-refractivity contribution in [3.05, 3.63) is 70.4 Å². The van der Waals surface area contributed by atoms with Crippen molar-refractivity contribution in [2.45, 2.75) is 6.92 Å². The molecule has 1 saturated heterocycles. The van der Waals surface area contributed by atoms with Crippen LogP contribution in [0.25, 0.3) is 5.57 Å². The minimum Gasteiger partial charge on any atom is -0.395 e. The standard InChI is InChI=1S/C23H24ClN3O3/c1-16-6-8-17(9-7-16)20-21(26-12-10-25(11-13-26)14-15-28)23(30)27(22(20)29)19-5-3-2-4-18(19)24/h2-9,28H,10-15H2,1H3. The normalized spacial score (nSPS) is 18.0. The fourth-order valence-electron chi connectivity index (χ4n) is 3.98. The van der Waals surface area contributed by atoms with Crippen LogP contribution in [0, 0.1) is 6.92 Å². The molecule has 6 nitrogen and oxygen atoms in total. The molecule has 30 heavy (non-hydrogen) atoms. The van der Waals surface area contributed by atoms with Gasteiger partial charge in [-0.25, -0.2) is 4.90 Å². The maximum absolute atomic E-state index is 13.5. The molecule has 2 heterocycles. The van der Waals surface area contributed by atoms with Crippen LogP contribution in [0.3, 0.4) is 0 Å². The monoisotopic (exact) mass is 425 g/mol. The summed E-state index contributed by atoms with van der Waals surface area (Å²) >= 11 is 6.33. The lowest BCUT2D eigenvalue weighted by Gasteiger charge is -2.36. The van der Waals surface area contributed by atoms with E-state index in [1.165, 1.54) is 4.90 Å². The molecule has 1 fully saturated rings. The van der Waals surface area contributed by atoms with E-state index in [4.69, 9.17) is 11.6 Å². The number of benzene rings is 2. The zero-order valence-electron chi connectivity index (χ0n) is 16.8. The van der Waals surface area contributed by atoms with Gasteiger partial charge in [-0.3, -0.25) is 14.5 Å². The van der Waals surface area contributed by atoms with Crippen LogP contribution in [0.2, 0.25) is 5.02 Å². The highest BCUT2D eigenvalue weighted by Gasteiger charge is 2.43. The molecule has 0 unspecified atom stereocenters. The second-order valence-electron chi connectivity index (χ2n) is 7.54. The number of carbonyl (C=O) groups excluding carboxylic acids is 2. The molecule has 2 aliphatic heterocycles. The quantitative estimate of drug-likeness (QED) is 0.746. The van der Waals surface area contributed by atoms with Crippen molar-refractivity contribution >= 4 is 34.7 Å². The van der Waals surface area contributed by atoms with E-state index < -0.39 is 0 Å². The largest absolute Gasteiger partial charge is 0.395 e. The molecular formula is C23H24ClN3O3. The molecule has 2 aromatic carbocycles. The summed E-state index contributed by atoms with van der Waals surface area (Å²) in [6.45, 7) is 5.36. The second kappa shape index (κ2) is 8.60. The van der Waals surface area contributed by atoms with Gasteiger partial charge in [-0.15, -0.1) is 0 Å².